The molecule has 1 saturated carbocycles. The average molecular weight is 326 g/mol. The summed E-state index contributed by atoms with van der Waals surface area (Å²) in [4.78, 5) is 27.8. The van der Waals surface area contributed by atoms with Gasteiger partial charge in [0.1, 0.15) is 0 Å². The zero-order valence-corrected chi connectivity index (χ0v) is 14.4. The van der Waals surface area contributed by atoms with Crippen molar-refractivity contribution in [3.8, 4) is 0 Å². The zero-order valence-electron chi connectivity index (χ0n) is 14.4. The molecular weight excluding hydrogens is 296 g/mol. The first-order chi connectivity index (χ1) is 10.9. The number of guanidine groups is 1. The summed E-state index contributed by atoms with van der Waals surface area (Å²) in [5.41, 5.74) is 11.1. The molecule has 0 aromatic rings. The monoisotopic (exact) mass is 326 g/mol. The molecule has 1 fully saturated rings. The fraction of sp³-hybridized carbons (Fsp3) is 0.812. The van der Waals surface area contributed by atoms with E-state index in [4.69, 9.17) is 16.2 Å². The molecule has 0 aromatic heterocycles. The number of hydrogen-bond acceptors (Lipinski definition) is 4. The summed E-state index contributed by atoms with van der Waals surface area (Å²) in [6, 6.07) is -0.109. The Kier molecular flexibility index (Phi) is 7.85. The zero-order chi connectivity index (χ0) is 17.4. The van der Waals surface area contributed by atoms with Crippen LogP contribution < -0.4 is 16.8 Å². The van der Waals surface area contributed by atoms with Gasteiger partial charge in [-0.3, -0.25) is 9.59 Å². The van der Waals surface area contributed by atoms with E-state index in [-0.39, 0.29) is 41.8 Å². The number of carbonyl (C=O) groups is 2. The fourth-order valence-corrected chi connectivity index (χ4v) is 3.43. The molecule has 1 rings (SSSR count). The molecule has 4 atom stereocenters. The Bertz CT molecular complexity index is 435. The third kappa shape index (κ3) is 6.08. The minimum Gasteiger partial charge on any atom is -0.469 e. The number of rotatable bonds is 7. The van der Waals surface area contributed by atoms with Crippen LogP contribution in [0.4, 0.5) is 0 Å². The summed E-state index contributed by atoms with van der Waals surface area (Å²) >= 11 is 0. The Morgan fingerprint density at radius 3 is 2.57 bits per heavy atom. The van der Waals surface area contributed by atoms with Gasteiger partial charge in [-0.15, -0.1) is 0 Å². The highest BCUT2D eigenvalue weighted by Crippen LogP contribution is 2.35. The van der Waals surface area contributed by atoms with E-state index in [1.54, 1.807) is 0 Å². The lowest BCUT2D eigenvalue weighted by atomic mass is 9.73. The normalized spacial score (nSPS) is 25.3. The topological polar surface area (TPSA) is 120 Å². The van der Waals surface area contributed by atoms with Crippen LogP contribution in [0.2, 0.25) is 0 Å². The number of nitrogens with zero attached hydrogens (tertiary/aromatic N) is 1. The van der Waals surface area contributed by atoms with Gasteiger partial charge in [0.2, 0.25) is 5.91 Å². The second-order valence-electron chi connectivity index (χ2n) is 6.27. The van der Waals surface area contributed by atoms with Gasteiger partial charge in [-0.05, 0) is 25.7 Å². The number of esters is 1. The molecule has 0 aromatic carbocycles. The van der Waals surface area contributed by atoms with E-state index in [2.05, 4.69) is 17.2 Å². The molecule has 132 valence electrons. The number of aliphatic imine (C=N–C) groups is 1. The lowest BCUT2D eigenvalue weighted by molar-refractivity contribution is -0.147. The van der Waals surface area contributed by atoms with E-state index in [9.17, 15) is 9.59 Å². The molecule has 0 bridgehead atoms. The average Bonchev–Trinajstić information content (AvgIpc) is 2.50. The quantitative estimate of drug-likeness (QED) is 0.365. The number of nitrogens with two attached hydrogens (primary N) is 2. The predicted molar refractivity (Wildman–Crippen MR) is 89.6 cm³/mol. The first-order valence-electron chi connectivity index (χ1n) is 8.32. The van der Waals surface area contributed by atoms with Crippen molar-refractivity contribution in [2.75, 3.05) is 7.11 Å². The smallest absolute Gasteiger partial charge is 0.308 e. The van der Waals surface area contributed by atoms with Crippen LogP contribution in [-0.2, 0) is 14.3 Å². The third-order valence-corrected chi connectivity index (χ3v) is 4.49. The molecule has 23 heavy (non-hydrogen) atoms. The maximum atomic E-state index is 11.9. The minimum atomic E-state index is -0.199. The number of nitrogens with one attached hydrogen (secondary N) is 1. The second kappa shape index (κ2) is 9.37. The van der Waals surface area contributed by atoms with Crippen LogP contribution in [0.3, 0.4) is 0 Å². The highest BCUT2D eigenvalue weighted by Gasteiger charge is 2.38. The molecule has 1 aliphatic rings. The highest BCUT2D eigenvalue weighted by atomic mass is 16.5. The Balaban J connectivity index is 2.97. The Morgan fingerprint density at radius 1 is 1.35 bits per heavy atom. The van der Waals surface area contributed by atoms with E-state index >= 15 is 0 Å². The van der Waals surface area contributed by atoms with Crippen LogP contribution in [0.15, 0.2) is 4.99 Å². The first kappa shape index (κ1) is 19.3. The van der Waals surface area contributed by atoms with Crippen molar-refractivity contribution in [2.24, 2.45) is 28.3 Å². The number of methoxy groups -OCH3 is 1. The first-order valence-corrected chi connectivity index (χ1v) is 8.32. The predicted octanol–water partition coefficient (Wildman–Crippen LogP) is 0.913. The number of hydrogen-bond donors (Lipinski definition) is 3. The number of amides is 1. The second-order valence-corrected chi connectivity index (χ2v) is 6.27. The van der Waals surface area contributed by atoms with Crippen molar-refractivity contribution in [2.45, 2.75) is 64.5 Å². The fourth-order valence-electron chi connectivity index (χ4n) is 3.43. The highest BCUT2D eigenvalue weighted by molar-refractivity contribution is 5.76. The van der Waals surface area contributed by atoms with Gasteiger partial charge in [0.05, 0.1) is 19.1 Å². The van der Waals surface area contributed by atoms with Crippen LogP contribution in [0.1, 0.15) is 52.4 Å². The van der Waals surface area contributed by atoms with Crippen molar-refractivity contribution in [1.29, 1.82) is 0 Å². The van der Waals surface area contributed by atoms with Gasteiger partial charge in [0, 0.05) is 18.9 Å². The summed E-state index contributed by atoms with van der Waals surface area (Å²) < 4.78 is 4.88. The van der Waals surface area contributed by atoms with Gasteiger partial charge in [0.25, 0.3) is 0 Å². The van der Waals surface area contributed by atoms with Crippen molar-refractivity contribution in [3.05, 3.63) is 0 Å². The van der Waals surface area contributed by atoms with Crippen LogP contribution in [0.5, 0.6) is 0 Å². The van der Waals surface area contributed by atoms with Gasteiger partial charge in [-0.1, -0.05) is 19.8 Å². The summed E-state index contributed by atoms with van der Waals surface area (Å²) in [6.07, 6.45) is 4.93. The molecule has 0 spiro atoms. The van der Waals surface area contributed by atoms with Crippen molar-refractivity contribution in [1.82, 2.24) is 5.32 Å². The third-order valence-electron chi connectivity index (χ3n) is 4.49. The van der Waals surface area contributed by atoms with Gasteiger partial charge in [-0.2, -0.15) is 0 Å². The van der Waals surface area contributed by atoms with Gasteiger partial charge >= 0.3 is 5.97 Å². The molecule has 5 N–H and O–H groups in total. The number of carbonyl (C=O) groups excluding carboxylic acids is 2. The number of ether oxygens (including phenoxy) is 1. The maximum absolute atomic E-state index is 11.9. The molecule has 0 aliphatic heterocycles. The molecule has 0 unspecified atom stereocenters. The molecular formula is C16H30N4O3. The van der Waals surface area contributed by atoms with Gasteiger partial charge in [-0.25, -0.2) is 4.99 Å². The maximum Gasteiger partial charge on any atom is 0.308 e. The lowest BCUT2D eigenvalue weighted by Crippen LogP contribution is -2.47. The summed E-state index contributed by atoms with van der Waals surface area (Å²) in [5.74, 6) is -0.350. The van der Waals surface area contributed by atoms with E-state index in [1.165, 1.54) is 14.0 Å². The number of unbranched alkanes of at least 4 members (excludes halogenated alkanes) is 1. The molecule has 0 radical (unpaired) electrons. The SMILES string of the molecule is CCCC[C@@H](NC(C)=O)[C@H]1C[C@@H](C(=O)OC)CC[C@H]1N=C(N)N. The standard InChI is InChI=1S/C16H30N4O3/c1-4-5-6-13(19-10(2)21)12-9-11(15(22)23-3)7-8-14(12)20-16(17)18/h11-14H,4-9H2,1-3H3,(H,19,21)(H4,17,18,20)/t11-,12+,13+,14+/m0/s1. The van der Waals surface area contributed by atoms with E-state index < -0.39 is 0 Å². The van der Waals surface area contributed by atoms with Crippen LogP contribution >= 0.6 is 0 Å². The van der Waals surface area contributed by atoms with Crippen molar-refractivity contribution >= 4 is 17.8 Å². The Labute approximate surface area is 138 Å². The van der Waals surface area contributed by atoms with E-state index in [1.807, 2.05) is 0 Å². The van der Waals surface area contributed by atoms with E-state index in [0.717, 1.165) is 19.3 Å². The van der Waals surface area contributed by atoms with Crippen molar-refractivity contribution < 1.29 is 14.3 Å². The molecule has 1 aliphatic carbocycles. The minimum absolute atomic E-state index is 0.0328. The molecule has 0 heterocycles. The summed E-state index contributed by atoms with van der Waals surface area (Å²) in [7, 11) is 1.40. The summed E-state index contributed by atoms with van der Waals surface area (Å²) in [5, 5.41) is 3.02. The Hall–Kier alpha value is -1.79. The molecule has 0 saturated heterocycles. The summed E-state index contributed by atoms with van der Waals surface area (Å²) in [6.45, 7) is 3.62. The van der Waals surface area contributed by atoms with Gasteiger partial charge < -0.3 is 21.5 Å². The van der Waals surface area contributed by atoms with Gasteiger partial charge in [0.15, 0.2) is 5.96 Å². The molecule has 7 nitrogen and oxygen atoms in total. The van der Waals surface area contributed by atoms with Crippen LogP contribution in [0.25, 0.3) is 0 Å². The lowest BCUT2D eigenvalue weighted by Gasteiger charge is -2.38. The largest absolute Gasteiger partial charge is 0.469 e. The van der Waals surface area contributed by atoms with Crippen LogP contribution in [0, 0.1) is 11.8 Å². The molecule has 7 heteroatoms. The Morgan fingerprint density at radius 2 is 2.04 bits per heavy atom. The van der Waals surface area contributed by atoms with Crippen LogP contribution in [-0.4, -0.2) is 37.0 Å². The molecule has 1 amide bonds. The van der Waals surface area contributed by atoms with E-state index in [0.29, 0.717) is 19.3 Å². The van der Waals surface area contributed by atoms with Crippen molar-refractivity contribution in [3.63, 3.8) is 0 Å².